The van der Waals surface area contributed by atoms with E-state index < -0.39 is 0 Å². The second kappa shape index (κ2) is 8.34. The van der Waals surface area contributed by atoms with E-state index >= 15 is 0 Å². The number of nitriles is 1. The van der Waals surface area contributed by atoms with Gasteiger partial charge in [-0.05, 0) is 42.9 Å². The van der Waals surface area contributed by atoms with Crippen LogP contribution in [0.3, 0.4) is 0 Å². The molecule has 2 aromatic rings. The van der Waals surface area contributed by atoms with Crippen LogP contribution in [0.15, 0.2) is 42.5 Å². The van der Waals surface area contributed by atoms with Crippen molar-refractivity contribution in [2.75, 3.05) is 26.0 Å². The van der Waals surface area contributed by atoms with E-state index in [0.717, 1.165) is 11.3 Å². The Morgan fingerprint density at radius 3 is 2.62 bits per heavy atom. The maximum atomic E-state index is 12.2. The van der Waals surface area contributed by atoms with Crippen molar-refractivity contribution in [1.82, 2.24) is 4.90 Å². The molecule has 1 N–H and O–H groups in total. The summed E-state index contributed by atoms with van der Waals surface area (Å²) in [4.78, 5) is 14.1. The predicted octanol–water partition coefficient (Wildman–Crippen LogP) is 3.29. The lowest BCUT2D eigenvalue weighted by molar-refractivity contribution is -0.117. The molecule has 0 aromatic heterocycles. The fraction of sp³-hybridized carbons (Fsp3) is 0.222. The number of ether oxygens (including phenoxy) is 1. The molecule has 0 saturated carbocycles. The summed E-state index contributed by atoms with van der Waals surface area (Å²) in [7, 11) is 3.48. The second-order valence-electron chi connectivity index (χ2n) is 5.37. The van der Waals surface area contributed by atoms with Crippen molar-refractivity contribution in [3.05, 3.63) is 58.6 Å². The number of amides is 1. The summed E-state index contributed by atoms with van der Waals surface area (Å²) < 4.78 is 5.12. The van der Waals surface area contributed by atoms with Crippen LogP contribution in [0, 0.1) is 11.3 Å². The summed E-state index contributed by atoms with van der Waals surface area (Å²) in [6.07, 6.45) is 0. The minimum atomic E-state index is -0.204. The van der Waals surface area contributed by atoms with Gasteiger partial charge in [-0.1, -0.05) is 23.7 Å². The first-order valence-electron chi connectivity index (χ1n) is 7.33. The number of hydrogen-bond acceptors (Lipinski definition) is 4. The zero-order valence-electron chi connectivity index (χ0n) is 13.5. The highest BCUT2D eigenvalue weighted by Gasteiger charge is 2.10. The number of nitrogens with one attached hydrogen (secondary N) is 1. The summed E-state index contributed by atoms with van der Waals surface area (Å²) in [5, 5.41) is 12.3. The zero-order chi connectivity index (χ0) is 17.5. The maximum Gasteiger partial charge on any atom is 0.238 e. The highest BCUT2D eigenvalue weighted by molar-refractivity contribution is 6.31. The number of carbonyl (C=O) groups excluding carboxylic acids is 1. The minimum Gasteiger partial charge on any atom is -0.497 e. The monoisotopic (exact) mass is 343 g/mol. The van der Waals surface area contributed by atoms with Gasteiger partial charge in [0.1, 0.15) is 11.8 Å². The van der Waals surface area contributed by atoms with Gasteiger partial charge in [-0.25, -0.2) is 0 Å². The van der Waals surface area contributed by atoms with Crippen LogP contribution in [0.1, 0.15) is 11.1 Å². The quantitative estimate of drug-likeness (QED) is 0.874. The van der Waals surface area contributed by atoms with Crippen LogP contribution in [0.5, 0.6) is 5.75 Å². The lowest BCUT2D eigenvalue weighted by Gasteiger charge is -2.17. The summed E-state index contributed by atoms with van der Waals surface area (Å²) in [6, 6.07) is 14.5. The van der Waals surface area contributed by atoms with Gasteiger partial charge in [0.2, 0.25) is 5.91 Å². The molecule has 0 unspecified atom stereocenters. The average molecular weight is 344 g/mol. The van der Waals surface area contributed by atoms with Gasteiger partial charge >= 0.3 is 0 Å². The molecule has 2 rings (SSSR count). The van der Waals surface area contributed by atoms with Crippen molar-refractivity contribution in [3.63, 3.8) is 0 Å². The standard InChI is InChI=1S/C18H18ClN3O2/c1-22(11-13-3-7-16(24-2)8-4-13)12-18(23)21-17-9-15(19)6-5-14(17)10-20/h3-9H,11-12H2,1-2H3,(H,21,23). The van der Waals surface area contributed by atoms with Crippen LogP contribution in [-0.4, -0.2) is 31.5 Å². The Morgan fingerprint density at radius 1 is 1.29 bits per heavy atom. The lowest BCUT2D eigenvalue weighted by atomic mass is 10.2. The molecule has 0 aliphatic heterocycles. The average Bonchev–Trinajstić information content (AvgIpc) is 2.55. The number of likely N-dealkylation sites (N-methyl/N-ethyl adjacent to an activating group) is 1. The number of nitrogens with zero attached hydrogens (tertiary/aromatic N) is 2. The van der Waals surface area contributed by atoms with E-state index in [-0.39, 0.29) is 12.5 Å². The SMILES string of the molecule is COc1ccc(CN(C)CC(=O)Nc2cc(Cl)ccc2C#N)cc1. The molecular formula is C18H18ClN3O2. The molecular weight excluding hydrogens is 326 g/mol. The van der Waals surface area contributed by atoms with Crippen molar-refractivity contribution in [2.24, 2.45) is 0 Å². The summed E-state index contributed by atoms with van der Waals surface area (Å²) in [5.74, 6) is 0.592. The van der Waals surface area contributed by atoms with Gasteiger partial charge in [0.15, 0.2) is 0 Å². The molecule has 0 heterocycles. The molecule has 124 valence electrons. The first kappa shape index (κ1) is 17.8. The number of carbonyl (C=O) groups is 1. The second-order valence-corrected chi connectivity index (χ2v) is 5.81. The zero-order valence-corrected chi connectivity index (χ0v) is 14.3. The van der Waals surface area contributed by atoms with Gasteiger partial charge in [-0.2, -0.15) is 5.26 Å². The van der Waals surface area contributed by atoms with Gasteiger partial charge in [-0.3, -0.25) is 9.69 Å². The molecule has 0 saturated heterocycles. The molecule has 0 aliphatic carbocycles. The van der Waals surface area contributed by atoms with Crippen LogP contribution < -0.4 is 10.1 Å². The van der Waals surface area contributed by atoms with Crippen LogP contribution >= 0.6 is 11.6 Å². The van der Waals surface area contributed by atoms with E-state index in [4.69, 9.17) is 21.6 Å². The smallest absolute Gasteiger partial charge is 0.238 e. The van der Waals surface area contributed by atoms with E-state index in [9.17, 15) is 4.79 Å². The van der Waals surface area contributed by atoms with E-state index in [1.165, 1.54) is 0 Å². The van der Waals surface area contributed by atoms with Gasteiger partial charge < -0.3 is 10.1 Å². The van der Waals surface area contributed by atoms with Crippen molar-refractivity contribution >= 4 is 23.2 Å². The third kappa shape index (κ3) is 4.98. The number of benzene rings is 2. The molecule has 2 aromatic carbocycles. The van der Waals surface area contributed by atoms with E-state index in [2.05, 4.69) is 5.32 Å². The Balaban J connectivity index is 1.94. The largest absolute Gasteiger partial charge is 0.497 e. The summed E-state index contributed by atoms with van der Waals surface area (Å²) in [6.45, 7) is 0.821. The maximum absolute atomic E-state index is 12.2. The minimum absolute atomic E-state index is 0.198. The van der Waals surface area contributed by atoms with Crippen molar-refractivity contribution in [1.29, 1.82) is 5.26 Å². The number of anilines is 1. The van der Waals surface area contributed by atoms with Gasteiger partial charge in [-0.15, -0.1) is 0 Å². The van der Waals surface area contributed by atoms with Crippen molar-refractivity contribution < 1.29 is 9.53 Å². The normalized spacial score (nSPS) is 10.3. The molecule has 5 nitrogen and oxygen atoms in total. The van der Waals surface area contributed by atoms with Gasteiger partial charge in [0, 0.05) is 11.6 Å². The lowest BCUT2D eigenvalue weighted by Crippen LogP contribution is -2.30. The van der Waals surface area contributed by atoms with Crippen molar-refractivity contribution in [2.45, 2.75) is 6.54 Å². The summed E-state index contributed by atoms with van der Waals surface area (Å²) in [5.41, 5.74) is 1.88. The molecule has 0 fully saturated rings. The van der Waals surface area contributed by atoms with E-state index in [1.807, 2.05) is 42.3 Å². The predicted molar refractivity (Wildman–Crippen MR) is 94.1 cm³/mol. The molecule has 0 radical (unpaired) electrons. The highest BCUT2D eigenvalue weighted by Crippen LogP contribution is 2.20. The summed E-state index contributed by atoms with van der Waals surface area (Å²) >= 11 is 5.91. The Hall–Kier alpha value is -2.55. The number of rotatable bonds is 6. The first-order valence-corrected chi connectivity index (χ1v) is 7.70. The highest BCUT2D eigenvalue weighted by atomic mass is 35.5. The number of hydrogen-bond donors (Lipinski definition) is 1. The molecule has 24 heavy (non-hydrogen) atoms. The molecule has 0 bridgehead atoms. The molecule has 0 aliphatic rings. The molecule has 0 atom stereocenters. The topological polar surface area (TPSA) is 65.4 Å². The number of halogens is 1. The third-order valence-electron chi connectivity index (χ3n) is 3.40. The van der Waals surface area contributed by atoms with Crippen molar-refractivity contribution in [3.8, 4) is 11.8 Å². The Morgan fingerprint density at radius 2 is 2.00 bits per heavy atom. The van der Waals surface area contributed by atoms with Crippen LogP contribution in [0.25, 0.3) is 0 Å². The molecule has 0 spiro atoms. The van der Waals surface area contributed by atoms with Crippen LogP contribution in [0.2, 0.25) is 5.02 Å². The van der Waals surface area contributed by atoms with Gasteiger partial charge in [0.05, 0.1) is 24.9 Å². The van der Waals surface area contributed by atoms with E-state index in [1.54, 1.807) is 25.3 Å². The first-order chi connectivity index (χ1) is 11.5. The Labute approximate surface area is 146 Å². The fourth-order valence-corrected chi connectivity index (χ4v) is 2.42. The van der Waals surface area contributed by atoms with Crippen LogP contribution in [-0.2, 0) is 11.3 Å². The number of methoxy groups -OCH3 is 1. The molecule has 6 heteroatoms. The van der Waals surface area contributed by atoms with Crippen LogP contribution in [0.4, 0.5) is 5.69 Å². The van der Waals surface area contributed by atoms with E-state index in [0.29, 0.717) is 22.8 Å². The molecule has 1 amide bonds. The Kier molecular flexibility index (Phi) is 6.19. The fourth-order valence-electron chi connectivity index (χ4n) is 2.25. The Bertz CT molecular complexity index is 754. The van der Waals surface area contributed by atoms with Gasteiger partial charge in [0.25, 0.3) is 0 Å². The third-order valence-corrected chi connectivity index (χ3v) is 3.64.